The fraction of sp³-hybridized carbons (Fsp3) is 1.00. The number of rotatable bonds is 0. The van der Waals surface area contributed by atoms with Gasteiger partial charge in [0, 0.05) is 6.42 Å². The third-order valence-corrected chi connectivity index (χ3v) is 2.43. The Morgan fingerprint density at radius 1 is 1.25 bits per heavy atom. The van der Waals surface area contributed by atoms with Crippen molar-refractivity contribution in [2.24, 2.45) is 0 Å². The summed E-state index contributed by atoms with van der Waals surface area (Å²) in [6, 6.07) is 0. The van der Waals surface area contributed by atoms with E-state index in [1.807, 2.05) is 0 Å². The summed E-state index contributed by atoms with van der Waals surface area (Å²) in [5.74, 6) is -0.746. The number of aliphatic hydroxyl groups excluding tert-OH is 1. The fourth-order valence-corrected chi connectivity index (χ4v) is 1.99. The first-order valence-corrected chi connectivity index (χ1v) is 4.32. The van der Waals surface area contributed by atoms with E-state index >= 15 is 0 Å². The van der Waals surface area contributed by atoms with Crippen molar-refractivity contribution in [3.8, 4) is 0 Å². The maximum atomic E-state index is 11.2. The molecule has 1 aliphatic carbocycles. The second-order valence-electron chi connectivity index (χ2n) is 3.53. The normalized spacial score (nSPS) is 40.5. The lowest BCUT2D eigenvalue weighted by Crippen LogP contribution is -2.48. The molecule has 0 amide bonds. The lowest BCUT2D eigenvalue weighted by atomic mass is 9.89. The zero-order valence-electron chi connectivity index (χ0n) is 6.86. The van der Waals surface area contributed by atoms with E-state index < -0.39 is 18.0 Å². The highest BCUT2D eigenvalue weighted by atomic mass is 16.7. The first-order valence-electron chi connectivity index (χ1n) is 4.32. The maximum absolute atomic E-state index is 11.2. The maximum Gasteiger partial charge on any atom is 0.169 e. The van der Waals surface area contributed by atoms with Gasteiger partial charge in [-0.1, -0.05) is 0 Å². The highest BCUT2D eigenvalue weighted by Gasteiger charge is 2.41. The van der Waals surface area contributed by atoms with E-state index in [1.165, 1.54) is 0 Å². The third-order valence-electron chi connectivity index (χ3n) is 2.43. The fourth-order valence-electron chi connectivity index (χ4n) is 1.99. The minimum atomic E-state index is -0.746. The van der Waals surface area contributed by atoms with Gasteiger partial charge in [0.2, 0.25) is 0 Å². The molecule has 1 heterocycles. The third kappa shape index (κ3) is 1.47. The van der Waals surface area contributed by atoms with Crippen LogP contribution in [0.25, 0.3) is 0 Å². The number of hydrogen-bond acceptors (Lipinski definition) is 4. The highest BCUT2D eigenvalue weighted by Crippen LogP contribution is 2.34. The molecule has 2 atom stereocenters. The van der Waals surface area contributed by atoms with Gasteiger partial charge >= 0.3 is 0 Å². The van der Waals surface area contributed by atoms with Gasteiger partial charge in [0.1, 0.15) is 0 Å². The Balaban J connectivity index is 2.04. The zero-order valence-corrected chi connectivity index (χ0v) is 6.86. The lowest BCUT2D eigenvalue weighted by Gasteiger charge is -2.41. The SMILES string of the molecule is [O-]C1CC(O)CC2(C1)OCCO2. The summed E-state index contributed by atoms with van der Waals surface area (Å²) in [5, 5.41) is 20.5. The summed E-state index contributed by atoms with van der Waals surface area (Å²) in [6.45, 7) is 1.08. The van der Waals surface area contributed by atoms with Crippen LogP contribution in [0.5, 0.6) is 0 Å². The van der Waals surface area contributed by atoms with Crippen LogP contribution in [0.15, 0.2) is 0 Å². The van der Waals surface area contributed by atoms with Gasteiger partial charge in [0.15, 0.2) is 5.79 Å². The quantitative estimate of drug-likeness (QED) is 0.510. The minimum absolute atomic E-state index is 0.328. The van der Waals surface area contributed by atoms with E-state index in [0.717, 1.165) is 0 Å². The Morgan fingerprint density at radius 2 is 1.92 bits per heavy atom. The van der Waals surface area contributed by atoms with Crippen LogP contribution >= 0.6 is 0 Å². The number of ether oxygens (including phenoxy) is 2. The van der Waals surface area contributed by atoms with Gasteiger partial charge in [-0.2, -0.15) is 0 Å². The molecule has 12 heavy (non-hydrogen) atoms. The summed E-state index contributed by atoms with van der Waals surface area (Å²) < 4.78 is 10.7. The van der Waals surface area contributed by atoms with Crippen molar-refractivity contribution in [1.82, 2.24) is 0 Å². The van der Waals surface area contributed by atoms with E-state index in [4.69, 9.17) is 9.47 Å². The topological polar surface area (TPSA) is 61.8 Å². The van der Waals surface area contributed by atoms with E-state index in [9.17, 15) is 10.2 Å². The van der Waals surface area contributed by atoms with Crippen molar-refractivity contribution in [1.29, 1.82) is 0 Å². The van der Waals surface area contributed by atoms with Crippen LogP contribution in [-0.4, -0.2) is 36.3 Å². The Bertz CT molecular complexity index is 152. The molecule has 2 rings (SSSR count). The first-order chi connectivity index (χ1) is 5.70. The van der Waals surface area contributed by atoms with Crippen molar-refractivity contribution >= 4 is 0 Å². The summed E-state index contributed by atoms with van der Waals surface area (Å²) in [5.41, 5.74) is 0. The van der Waals surface area contributed by atoms with Gasteiger partial charge in [-0.15, -0.1) is 6.10 Å². The van der Waals surface area contributed by atoms with Gasteiger partial charge in [0.25, 0.3) is 0 Å². The Labute approximate surface area is 71.1 Å². The molecule has 4 nitrogen and oxygen atoms in total. The molecular weight excluding hydrogens is 160 g/mol. The molecule has 2 unspecified atom stereocenters. The first kappa shape index (κ1) is 8.44. The molecule has 2 aliphatic rings. The molecule has 70 valence electrons. The molecule has 4 heteroatoms. The molecule has 1 N–H and O–H groups in total. The van der Waals surface area contributed by atoms with Crippen LogP contribution < -0.4 is 5.11 Å². The summed E-state index contributed by atoms with van der Waals surface area (Å²) in [4.78, 5) is 0. The van der Waals surface area contributed by atoms with Crippen LogP contribution in [0.1, 0.15) is 19.3 Å². The van der Waals surface area contributed by atoms with Gasteiger partial charge in [0.05, 0.1) is 19.3 Å². The lowest BCUT2D eigenvalue weighted by molar-refractivity contribution is -0.445. The van der Waals surface area contributed by atoms with Crippen molar-refractivity contribution in [2.45, 2.75) is 37.3 Å². The van der Waals surface area contributed by atoms with Crippen molar-refractivity contribution < 1.29 is 19.7 Å². The zero-order chi connectivity index (χ0) is 8.60. The van der Waals surface area contributed by atoms with Crippen LogP contribution in [0.2, 0.25) is 0 Å². The van der Waals surface area contributed by atoms with Crippen molar-refractivity contribution in [3.05, 3.63) is 0 Å². The molecule has 1 saturated carbocycles. The Hall–Kier alpha value is -0.160. The van der Waals surface area contributed by atoms with Crippen LogP contribution in [0.4, 0.5) is 0 Å². The standard InChI is InChI=1S/C8H13O4/c9-6-3-7(10)5-8(4-6)11-1-2-12-8/h6-7,9H,1-5H2/q-1. The van der Waals surface area contributed by atoms with Crippen LogP contribution in [-0.2, 0) is 9.47 Å². The van der Waals surface area contributed by atoms with Gasteiger partial charge in [-0.25, -0.2) is 0 Å². The second-order valence-corrected chi connectivity index (χ2v) is 3.53. The monoisotopic (exact) mass is 173 g/mol. The highest BCUT2D eigenvalue weighted by molar-refractivity contribution is 4.86. The van der Waals surface area contributed by atoms with Crippen LogP contribution in [0.3, 0.4) is 0 Å². The predicted octanol–water partition coefficient (Wildman–Crippen LogP) is -0.997. The predicted molar refractivity (Wildman–Crippen MR) is 38.3 cm³/mol. The molecule has 0 radical (unpaired) electrons. The molecular formula is C8H13O4-. The van der Waals surface area contributed by atoms with E-state index in [2.05, 4.69) is 0 Å². The van der Waals surface area contributed by atoms with Gasteiger partial charge in [-0.3, -0.25) is 0 Å². The van der Waals surface area contributed by atoms with E-state index in [0.29, 0.717) is 32.5 Å². The molecule has 1 aliphatic heterocycles. The van der Waals surface area contributed by atoms with Gasteiger partial charge < -0.3 is 19.7 Å². The summed E-state index contributed by atoms with van der Waals surface area (Å²) in [7, 11) is 0. The molecule has 2 fully saturated rings. The average Bonchev–Trinajstić information content (AvgIpc) is 2.33. The Morgan fingerprint density at radius 3 is 2.50 bits per heavy atom. The molecule has 0 aromatic carbocycles. The summed E-state index contributed by atoms with van der Waals surface area (Å²) in [6.07, 6.45) is -0.143. The van der Waals surface area contributed by atoms with Gasteiger partial charge in [-0.05, 0) is 12.8 Å². The molecule has 1 saturated heterocycles. The second kappa shape index (κ2) is 2.96. The minimum Gasteiger partial charge on any atom is -0.852 e. The smallest absolute Gasteiger partial charge is 0.169 e. The molecule has 0 aromatic heterocycles. The average molecular weight is 173 g/mol. The number of hydrogen-bond donors (Lipinski definition) is 1. The molecule has 0 aromatic rings. The van der Waals surface area contributed by atoms with E-state index in [1.54, 1.807) is 0 Å². The summed E-state index contributed by atoms with van der Waals surface area (Å²) >= 11 is 0. The number of aliphatic hydroxyl groups is 1. The Kier molecular flexibility index (Phi) is 2.08. The van der Waals surface area contributed by atoms with Crippen LogP contribution in [0, 0.1) is 0 Å². The largest absolute Gasteiger partial charge is 0.852 e. The molecule has 1 spiro atoms. The van der Waals surface area contributed by atoms with E-state index in [-0.39, 0.29) is 0 Å². The van der Waals surface area contributed by atoms with Crippen molar-refractivity contribution in [3.63, 3.8) is 0 Å². The van der Waals surface area contributed by atoms with Crippen molar-refractivity contribution in [2.75, 3.05) is 13.2 Å². The molecule has 0 bridgehead atoms.